The van der Waals surface area contributed by atoms with E-state index >= 15 is 0 Å². The maximum Gasteiger partial charge on any atom is 0.573 e. The van der Waals surface area contributed by atoms with Crippen molar-refractivity contribution in [3.63, 3.8) is 0 Å². The Balaban J connectivity index is 2.11. The number of fused-ring (bicyclic) bond motifs is 1. The van der Waals surface area contributed by atoms with Crippen molar-refractivity contribution in [1.29, 1.82) is 0 Å². The van der Waals surface area contributed by atoms with E-state index in [0.29, 0.717) is 13.0 Å². The monoisotopic (exact) mass is 426 g/mol. The van der Waals surface area contributed by atoms with Crippen LogP contribution in [0.2, 0.25) is 0 Å². The summed E-state index contributed by atoms with van der Waals surface area (Å²) in [7, 11) is 0. The third kappa shape index (κ3) is 4.22. The summed E-state index contributed by atoms with van der Waals surface area (Å²) in [6.07, 6.45) is -2.30. The molecule has 0 unspecified atom stereocenters. The molecule has 138 valence electrons. The predicted molar refractivity (Wildman–Crippen MR) is 100 cm³/mol. The lowest BCUT2D eigenvalue weighted by Crippen LogP contribution is -2.16. The molecule has 0 aliphatic rings. The van der Waals surface area contributed by atoms with E-state index in [2.05, 4.69) is 25.7 Å². The topological polar surface area (TPSA) is 51.0 Å². The first-order valence-corrected chi connectivity index (χ1v) is 9.03. The second-order valence-electron chi connectivity index (χ2n) is 5.96. The molecule has 0 atom stereocenters. The highest BCUT2D eigenvalue weighted by molar-refractivity contribution is 9.10. The molecule has 3 rings (SSSR count). The Hall–Kier alpha value is -1.99. The molecule has 0 radical (unpaired) electrons. The summed E-state index contributed by atoms with van der Waals surface area (Å²) in [6, 6.07) is 12.1. The first-order valence-electron chi connectivity index (χ1n) is 8.24. The third-order valence-corrected chi connectivity index (χ3v) is 4.83. The fourth-order valence-electron chi connectivity index (χ4n) is 3.02. The zero-order valence-electron chi connectivity index (χ0n) is 13.9. The van der Waals surface area contributed by atoms with Crippen LogP contribution in [0.3, 0.4) is 0 Å². The summed E-state index contributed by atoms with van der Waals surface area (Å²) in [5, 5.41) is 0.731. The number of halogens is 4. The number of alkyl halides is 3. The minimum atomic E-state index is -4.71. The Bertz CT molecular complexity index is 905. The number of aromatic amines is 1. The van der Waals surface area contributed by atoms with Gasteiger partial charge in [0.05, 0.1) is 5.69 Å². The molecule has 0 bridgehead atoms. The number of benzene rings is 2. The summed E-state index contributed by atoms with van der Waals surface area (Å²) >= 11 is 3.55. The van der Waals surface area contributed by atoms with Crippen molar-refractivity contribution in [2.45, 2.75) is 25.6 Å². The van der Waals surface area contributed by atoms with Crippen molar-refractivity contribution in [3.05, 3.63) is 52.5 Å². The number of ether oxygens (including phenoxy) is 1. The van der Waals surface area contributed by atoms with Gasteiger partial charge < -0.3 is 15.5 Å². The first-order chi connectivity index (χ1) is 12.4. The van der Waals surface area contributed by atoms with E-state index < -0.39 is 6.36 Å². The van der Waals surface area contributed by atoms with Crippen LogP contribution in [0.5, 0.6) is 5.75 Å². The minimum Gasteiger partial charge on any atom is -0.406 e. The number of hydrogen-bond donors (Lipinski definition) is 2. The highest BCUT2D eigenvalue weighted by Gasteiger charge is 2.31. The second kappa shape index (κ2) is 7.72. The Morgan fingerprint density at radius 3 is 2.54 bits per heavy atom. The molecule has 0 aliphatic heterocycles. The van der Waals surface area contributed by atoms with Crippen molar-refractivity contribution < 1.29 is 17.9 Å². The van der Waals surface area contributed by atoms with E-state index in [-0.39, 0.29) is 5.75 Å². The molecule has 26 heavy (non-hydrogen) atoms. The summed E-state index contributed by atoms with van der Waals surface area (Å²) in [4.78, 5) is 3.34. The summed E-state index contributed by atoms with van der Waals surface area (Å²) < 4.78 is 42.7. The van der Waals surface area contributed by atoms with Crippen molar-refractivity contribution in [2.75, 3.05) is 6.54 Å². The normalized spacial score (nSPS) is 11.9. The molecule has 3 nitrogen and oxygen atoms in total. The van der Waals surface area contributed by atoms with Gasteiger partial charge >= 0.3 is 6.36 Å². The summed E-state index contributed by atoms with van der Waals surface area (Å²) in [6.45, 7) is 0.579. The lowest BCUT2D eigenvalue weighted by atomic mass is 10.00. The van der Waals surface area contributed by atoms with E-state index in [1.807, 2.05) is 24.3 Å². The largest absolute Gasteiger partial charge is 0.573 e. The number of rotatable bonds is 6. The number of aryl methyl sites for hydroxylation is 1. The van der Waals surface area contributed by atoms with Gasteiger partial charge in [0.1, 0.15) is 5.75 Å². The Morgan fingerprint density at radius 2 is 1.85 bits per heavy atom. The minimum absolute atomic E-state index is 0.220. The summed E-state index contributed by atoms with van der Waals surface area (Å²) in [5.41, 5.74) is 9.18. The molecular weight excluding hydrogens is 409 g/mol. The van der Waals surface area contributed by atoms with Crippen LogP contribution in [0.15, 0.2) is 46.9 Å². The molecule has 0 aliphatic carbocycles. The van der Waals surface area contributed by atoms with Crippen LogP contribution in [0.4, 0.5) is 13.2 Å². The van der Waals surface area contributed by atoms with Gasteiger partial charge in [0.2, 0.25) is 0 Å². The van der Waals surface area contributed by atoms with E-state index in [4.69, 9.17) is 5.73 Å². The molecule has 3 N–H and O–H groups in total. The average molecular weight is 427 g/mol. The fourth-order valence-corrected chi connectivity index (χ4v) is 3.51. The van der Waals surface area contributed by atoms with Crippen LogP contribution in [-0.2, 0) is 6.42 Å². The first kappa shape index (κ1) is 18.8. The molecule has 0 fully saturated rings. The van der Waals surface area contributed by atoms with E-state index in [1.54, 1.807) is 6.07 Å². The van der Waals surface area contributed by atoms with Crippen LogP contribution in [-0.4, -0.2) is 17.9 Å². The number of H-pyrrole nitrogens is 1. The highest BCUT2D eigenvalue weighted by Crippen LogP contribution is 2.37. The molecular formula is C19H18BrF3N2O. The number of aromatic nitrogens is 1. The van der Waals surface area contributed by atoms with Gasteiger partial charge in [-0.25, -0.2) is 0 Å². The second-order valence-corrected chi connectivity index (χ2v) is 6.81. The maximum absolute atomic E-state index is 12.6. The van der Waals surface area contributed by atoms with Gasteiger partial charge in [0.25, 0.3) is 0 Å². The van der Waals surface area contributed by atoms with Gasteiger partial charge in [-0.3, -0.25) is 0 Å². The molecule has 0 saturated carbocycles. The molecule has 7 heteroatoms. The summed E-state index contributed by atoms with van der Waals surface area (Å²) in [5.74, 6) is -0.220. The lowest BCUT2D eigenvalue weighted by molar-refractivity contribution is -0.274. The molecule has 3 aromatic rings. The van der Waals surface area contributed by atoms with Crippen molar-refractivity contribution in [2.24, 2.45) is 5.73 Å². The maximum atomic E-state index is 12.6. The van der Waals surface area contributed by atoms with Crippen molar-refractivity contribution in [3.8, 4) is 17.0 Å². The lowest BCUT2D eigenvalue weighted by Gasteiger charge is -2.09. The van der Waals surface area contributed by atoms with Crippen LogP contribution >= 0.6 is 15.9 Å². The van der Waals surface area contributed by atoms with Crippen LogP contribution in [0, 0.1) is 0 Å². The van der Waals surface area contributed by atoms with Gasteiger partial charge in [-0.2, -0.15) is 0 Å². The Kier molecular flexibility index (Phi) is 5.58. The van der Waals surface area contributed by atoms with Crippen LogP contribution in [0.25, 0.3) is 22.2 Å². The molecule has 0 saturated heterocycles. The number of nitrogens with two attached hydrogens (primary N) is 1. The van der Waals surface area contributed by atoms with E-state index in [9.17, 15) is 13.2 Å². The Labute approximate surface area is 157 Å². The third-order valence-electron chi connectivity index (χ3n) is 4.14. The fraction of sp³-hybridized carbons (Fsp3) is 0.263. The zero-order chi connectivity index (χ0) is 18.7. The van der Waals surface area contributed by atoms with Gasteiger partial charge in [-0.15, -0.1) is 13.2 Å². The van der Waals surface area contributed by atoms with Crippen molar-refractivity contribution in [1.82, 2.24) is 4.98 Å². The number of nitrogens with one attached hydrogen (secondary N) is 1. The van der Waals surface area contributed by atoms with Gasteiger partial charge in [-0.05, 0) is 55.6 Å². The molecule has 1 aromatic heterocycles. The standard InChI is InChI=1S/C19H18BrF3N2O/c20-16-7-2-1-6-14(16)18-13(5-3-4-10-24)15-11-12(26-19(21,22)23)8-9-17(15)25-18/h1-2,6-9,11,25H,3-5,10,24H2. The SMILES string of the molecule is NCCCCc1c(-c2ccccc2Br)[nH]c2ccc(OC(F)(F)F)cc12. The van der Waals surface area contributed by atoms with Crippen molar-refractivity contribution >= 4 is 26.8 Å². The van der Waals surface area contributed by atoms with E-state index in [0.717, 1.165) is 45.0 Å². The van der Waals surface area contributed by atoms with Crippen LogP contribution in [0.1, 0.15) is 18.4 Å². The predicted octanol–water partition coefficient (Wildman–Crippen LogP) is 5.78. The highest BCUT2D eigenvalue weighted by atomic mass is 79.9. The van der Waals surface area contributed by atoms with Gasteiger partial charge in [0.15, 0.2) is 0 Å². The zero-order valence-corrected chi connectivity index (χ0v) is 15.5. The smallest absolute Gasteiger partial charge is 0.406 e. The molecule has 1 heterocycles. The molecule has 2 aromatic carbocycles. The number of hydrogen-bond acceptors (Lipinski definition) is 2. The quantitative estimate of drug-likeness (QED) is 0.491. The average Bonchev–Trinajstić information content (AvgIpc) is 2.92. The van der Waals surface area contributed by atoms with Gasteiger partial charge in [0, 0.05) is 20.9 Å². The van der Waals surface area contributed by atoms with E-state index in [1.165, 1.54) is 12.1 Å². The Morgan fingerprint density at radius 1 is 1.08 bits per heavy atom. The molecule has 0 spiro atoms. The number of unbranched alkanes of at least 4 members (excludes halogenated alkanes) is 1. The van der Waals surface area contributed by atoms with Gasteiger partial charge in [-0.1, -0.05) is 34.1 Å². The molecule has 0 amide bonds. The van der Waals surface area contributed by atoms with Crippen LogP contribution < -0.4 is 10.5 Å².